The van der Waals surface area contributed by atoms with Crippen molar-refractivity contribution in [1.82, 2.24) is 5.32 Å². The predicted molar refractivity (Wildman–Crippen MR) is 76.7 cm³/mol. The molecule has 1 aromatic carbocycles. The van der Waals surface area contributed by atoms with E-state index in [2.05, 4.69) is 45.1 Å². The van der Waals surface area contributed by atoms with Gasteiger partial charge in [-0.15, -0.1) is 0 Å². The number of halogens is 1. The zero-order valence-corrected chi connectivity index (χ0v) is 12.1. The highest BCUT2D eigenvalue weighted by molar-refractivity contribution is 6.30. The molecule has 0 saturated heterocycles. The minimum Gasteiger partial charge on any atom is -0.312 e. The number of rotatable bonds is 5. The zero-order valence-electron chi connectivity index (χ0n) is 11.4. The van der Waals surface area contributed by atoms with Crippen molar-refractivity contribution in [2.75, 3.05) is 6.54 Å². The van der Waals surface area contributed by atoms with Crippen LogP contribution in [0.15, 0.2) is 24.3 Å². The maximum atomic E-state index is 5.97. The lowest BCUT2D eigenvalue weighted by Crippen LogP contribution is -2.38. The highest BCUT2D eigenvalue weighted by Gasteiger charge is 2.11. The summed E-state index contributed by atoms with van der Waals surface area (Å²) in [6.07, 6.45) is 2.30. The number of nitrogens with one attached hydrogen (secondary N) is 1. The van der Waals surface area contributed by atoms with Crippen LogP contribution in [0.1, 0.15) is 39.7 Å². The summed E-state index contributed by atoms with van der Waals surface area (Å²) in [4.78, 5) is 0. The minimum absolute atomic E-state index is 0.213. The van der Waals surface area contributed by atoms with E-state index < -0.39 is 0 Å². The number of hydrogen-bond acceptors (Lipinski definition) is 1. The van der Waals surface area contributed by atoms with Crippen molar-refractivity contribution >= 4 is 11.6 Å². The fraction of sp³-hybridized carbons (Fsp3) is 0.600. The number of aryl methyl sites for hydroxylation is 1. The molecule has 0 heterocycles. The van der Waals surface area contributed by atoms with Crippen molar-refractivity contribution in [3.05, 3.63) is 34.9 Å². The molecule has 1 N–H and O–H groups in total. The minimum atomic E-state index is 0.213. The number of hydrogen-bond donors (Lipinski definition) is 1. The van der Waals surface area contributed by atoms with Crippen molar-refractivity contribution in [1.29, 1.82) is 0 Å². The molecular formula is C15H24ClN. The molecule has 1 rings (SSSR count). The van der Waals surface area contributed by atoms with Gasteiger partial charge in [-0.2, -0.15) is 0 Å². The van der Waals surface area contributed by atoms with E-state index in [-0.39, 0.29) is 5.54 Å². The molecule has 0 saturated carbocycles. The second-order valence-corrected chi connectivity index (χ2v) is 6.34. The lowest BCUT2D eigenvalue weighted by molar-refractivity contribution is 0.372. The zero-order chi connectivity index (χ0) is 12.9. The largest absolute Gasteiger partial charge is 0.312 e. The van der Waals surface area contributed by atoms with Crippen LogP contribution in [0.25, 0.3) is 0 Å². The van der Waals surface area contributed by atoms with Gasteiger partial charge in [0.1, 0.15) is 0 Å². The summed E-state index contributed by atoms with van der Waals surface area (Å²) >= 11 is 5.97. The molecule has 1 nitrogen and oxygen atoms in total. The van der Waals surface area contributed by atoms with Crippen LogP contribution < -0.4 is 5.32 Å². The molecule has 0 spiro atoms. The van der Waals surface area contributed by atoms with E-state index in [1.54, 1.807) is 0 Å². The summed E-state index contributed by atoms with van der Waals surface area (Å²) < 4.78 is 0. The molecule has 1 aromatic rings. The molecule has 96 valence electrons. The fourth-order valence-electron chi connectivity index (χ4n) is 1.69. The molecular weight excluding hydrogens is 230 g/mol. The second-order valence-electron chi connectivity index (χ2n) is 5.90. The Kier molecular flexibility index (Phi) is 5.48. The number of benzene rings is 1. The molecule has 0 amide bonds. The molecule has 0 fully saturated rings. The van der Waals surface area contributed by atoms with Gasteiger partial charge in [-0.1, -0.05) is 30.7 Å². The van der Waals surface area contributed by atoms with E-state index in [1.807, 2.05) is 12.1 Å². The second kappa shape index (κ2) is 6.42. The van der Waals surface area contributed by atoms with E-state index >= 15 is 0 Å². The lowest BCUT2D eigenvalue weighted by atomic mass is 9.99. The molecule has 0 aliphatic rings. The summed E-state index contributed by atoms with van der Waals surface area (Å²) in [6.45, 7) is 9.98. The maximum absolute atomic E-state index is 5.97. The monoisotopic (exact) mass is 253 g/mol. The van der Waals surface area contributed by atoms with Crippen molar-refractivity contribution in [2.45, 2.75) is 46.1 Å². The predicted octanol–water partition coefficient (Wildman–Crippen LogP) is 4.30. The average molecular weight is 254 g/mol. The molecule has 0 aliphatic heterocycles. The summed E-state index contributed by atoms with van der Waals surface area (Å²) in [5.41, 5.74) is 1.55. The van der Waals surface area contributed by atoms with Gasteiger partial charge in [-0.25, -0.2) is 0 Å². The van der Waals surface area contributed by atoms with E-state index in [0.717, 1.165) is 18.0 Å². The summed E-state index contributed by atoms with van der Waals surface area (Å²) in [5.74, 6) is 0.688. The lowest BCUT2D eigenvalue weighted by Gasteiger charge is -2.23. The first-order chi connectivity index (χ1) is 7.87. The van der Waals surface area contributed by atoms with Gasteiger partial charge in [0.2, 0.25) is 0 Å². The third-order valence-corrected chi connectivity index (χ3v) is 3.03. The Labute approximate surface area is 111 Å². The summed E-state index contributed by atoms with van der Waals surface area (Å²) in [7, 11) is 0. The normalized spacial score (nSPS) is 13.7. The SMILES string of the molecule is CC(CCc1cccc(Cl)c1)CNC(C)(C)C. The molecule has 0 radical (unpaired) electrons. The van der Waals surface area contributed by atoms with Crippen LogP contribution in [-0.2, 0) is 6.42 Å². The fourth-order valence-corrected chi connectivity index (χ4v) is 1.90. The third kappa shape index (κ3) is 6.70. The molecule has 0 aromatic heterocycles. The van der Waals surface area contributed by atoms with Crippen molar-refractivity contribution < 1.29 is 0 Å². The molecule has 0 aliphatic carbocycles. The van der Waals surface area contributed by atoms with Crippen molar-refractivity contribution in [3.8, 4) is 0 Å². The Balaban J connectivity index is 2.31. The van der Waals surface area contributed by atoms with Gasteiger partial charge in [0, 0.05) is 10.6 Å². The van der Waals surface area contributed by atoms with Gasteiger partial charge in [0.25, 0.3) is 0 Å². The van der Waals surface area contributed by atoms with Crippen molar-refractivity contribution in [3.63, 3.8) is 0 Å². The Morgan fingerprint density at radius 1 is 1.29 bits per heavy atom. The molecule has 17 heavy (non-hydrogen) atoms. The van der Waals surface area contributed by atoms with Crippen molar-refractivity contribution in [2.24, 2.45) is 5.92 Å². The average Bonchev–Trinajstić information content (AvgIpc) is 2.23. The Bertz CT molecular complexity index is 341. The van der Waals surface area contributed by atoms with E-state index in [4.69, 9.17) is 11.6 Å². The van der Waals surface area contributed by atoms with Crippen LogP contribution in [0, 0.1) is 5.92 Å². The standard InChI is InChI=1S/C15H24ClN/c1-12(11-17-15(2,3)4)8-9-13-6-5-7-14(16)10-13/h5-7,10,12,17H,8-9,11H2,1-4H3. The van der Waals surface area contributed by atoms with Gasteiger partial charge in [0.15, 0.2) is 0 Å². The maximum Gasteiger partial charge on any atom is 0.0408 e. The van der Waals surface area contributed by atoms with Crippen LogP contribution >= 0.6 is 11.6 Å². The van der Waals surface area contributed by atoms with Gasteiger partial charge >= 0.3 is 0 Å². The third-order valence-electron chi connectivity index (χ3n) is 2.80. The van der Waals surface area contributed by atoms with Crippen LogP contribution in [0.2, 0.25) is 5.02 Å². The van der Waals surface area contributed by atoms with Crippen LogP contribution in [0.3, 0.4) is 0 Å². The smallest absolute Gasteiger partial charge is 0.0408 e. The van der Waals surface area contributed by atoms with Crippen LogP contribution in [0.5, 0.6) is 0 Å². The Morgan fingerprint density at radius 3 is 2.59 bits per heavy atom. The topological polar surface area (TPSA) is 12.0 Å². The molecule has 1 unspecified atom stereocenters. The summed E-state index contributed by atoms with van der Waals surface area (Å²) in [5, 5.41) is 4.38. The van der Waals surface area contributed by atoms with E-state index in [0.29, 0.717) is 5.92 Å². The Hall–Kier alpha value is -0.530. The first-order valence-electron chi connectivity index (χ1n) is 6.36. The van der Waals surface area contributed by atoms with E-state index in [9.17, 15) is 0 Å². The molecule has 2 heteroatoms. The first-order valence-corrected chi connectivity index (χ1v) is 6.74. The first kappa shape index (κ1) is 14.5. The highest BCUT2D eigenvalue weighted by atomic mass is 35.5. The van der Waals surface area contributed by atoms with Gasteiger partial charge in [0.05, 0.1) is 0 Å². The van der Waals surface area contributed by atoms with Gasteiger partial charge in [-0.05, 0) is 63.8 Å². The Morgan fingerprint density at radius 2 is 2.00 bits per heavy atom. The van der Waals surface area contributed by atoms with E-state index in [1.165, 1.54) is 12.0 Å². The summed E-state index contributed by atoms with van der Waals surface area (Å²) in [6, 6.07) is 8.16. The quantitative estimate of drug-likeness (QED) is 0.825. The van der Waals surface area contributed by atoms with Gasteiger partial charge < -0.3 is 5.32 Å². The van der Waals surface area contributed by atoms with Gasteiger partial charge in [-0.3, -0.25) is 0 Å². The van der Waals surface area contributed by atoms with Crippen LogP contribution in [-0.4, -0.2) is 12.1 Å². The highest BCUT2D eigenvalue weighted by Crippen LogP contribution is 2.14. The molecule has 1 atom stereocenters. The van der Waals surface area contributed by atoms with Crippen LogP contribution in [0.4, 0.5) is 0 Å². The molecule has 0 bridgehead atoms.